The molecule has 0 atom stereocenters. The van der Waals surface area contributed by atoms with Gasteiger partial charge in [-0.25, -0.2) is 0 Å². The summed E-state index contributed by atoms with van der Waals surface area (Å²) in [5, 5.41) is 6.45. The number of allylic oxidation sites excluding steroid dienone is 3. The Kier molecular flexibility index (Phi) is 6.46. The Morgan fingerprint density at radius 1 is 1.20 bits per heavy atom. The van der Waals surface area contributed by atoms with Gasteiger partial charge in [0.15, 0.2) is 0 Å². The Labute approximate surface area is 120 Å². The van der Waals surface area contributed by atoms with E-state index in [1.54, 1.807) is 6.08 Å². The van der Waals surface area contributed by atoms with E-state index >= 15 is 0 Å². The molecule has 0 amide bonds. The molecule has 0 saturated heterocycles. The molecule has 1 aromatic carbocycles. The molecular formula is C15H25N5. The molecule has 0 spiro atoms. The molecule has 0 fully saturated rings. The number of hydrogen-bond acceptors (Lipinski definition) is 5. The molecule has 1 aromatic rings. The smallest absolute Gasteiger partial charge is 0.100 e. The van der Waals surface area contributed by atoms with E-state index in [-0.39, 0.29) is 0 Å². The van der Waals surface area contributed by atoms with Crippen molar-refractivity contribution in [2.24, 2.45) is 17.2 Å². The zero-order valence-corrected chi connectivity index (χ0v) is 12.2. The molecule has 0 aromatic heterocycles. The Hall–Kier alpha value is -2.14. The first-order chi connectivity index (χ1) is 9.58. The third-order valence-electron chi connectivity index (χ3n) is 2.96. The largest absolute Gasteiger partial charge is 0.402 e. The van der Waals surface area contributed by atoms with E-state index in [4.69, 9.17) is 17.2 Å². The summed E-state index contributed by atoms with van der Waals surface area (Å²) < 4.78 is 0. The fourth-order valence-corrected chi connectivity index (χ4v) is 1.68. The van der Waals surface area contributed by atoms with Gasteiger partial charge in [0.05, 0.1) is 0 Å². The molecule has 5 heteroatoms. The molecule has 5 nitrogen and oxygen atoms in total. The minimum atomic E-state index is 0.556. The van der Waals surface area contributed by atoms with Crippen molar-refractivity contribution >= 4 is 11.4 Å². The molecule has 0 aliphatic carbocycles. The minimum absolute atomic E-state index is 0.556. The molecular weight excluding hydrogens is 250 g/mol. The lowest BCUT2D eigenvalue weighted by molar-refractivity contribution is 1.02. The van der Waals surface area contributed by atoms with E-state index in [2.05, 4.69) is 10.6 Å². The van der Waals surface area contributed by atoms with Gasteiger partial charge in [-0.2, -0.15) is 0 Å². The molecule has 0 unspecified atom stereocenters. The standard InChI is InChI=1S/C15H25N5/c1-3-12(17)7-8-15(18)20-14-6-4-5-13(11(14)2)19-10-9-16/h4-8,19-20H,3,9-10,16-18H2,1-2H3/b12-7-,15-8+. The molecule has 110 valence electrons. The molecule has 1 rings (SSSR count). The summed E-state index contributed by atoms with van der Waals surface area (Å²) >= 11 is 0. The van der Waals surface area contributed by atoms with Crippen LogP contribution in [0.4, 0.5) is 11.4 Å². The molecule has 20 heavy (non-hydrogen) atoms. The Morgan fingerprint density at radius 3 is 2.55 bits per heavy atom. The molecule has 0 aliphatic heterocycles. The van der Waals surface area contributed by atoms with Crippen LogP contribution in [0, 0.1) is 6.92 Å². The van der Waals surface area contributed by atoms with Crippen LogP contribution in [0.25, 0.3) is 0 Å². The predicted molar refractivity (Wildman–Crippen MR) is 87.2 cm³/mol. The first-order valence-electron chi connectivity index (χ1n) is 6.80. The molecule has 0 heterocycles. The van der Waals surface area contributed by atoms with Crippen LogP contribution in [0.2, 0.25) is 0 Å². The lowest BCUT2D eigenvalue weighted by Crippen LogP contribution is -2.15. The normalized spacial score (nSPS) is 12.3. The molecule has 0 saturated carbocycles. The van der Waals surface area contributed by atoms with E-state index in [0.29, 0.717) is 12.4 Å². The number of nitrogens with one attached hydrogen (secondary N) is 2. The summed E-state index contributed by atoms with van der Waals surface area (Å²) in [6, 6.07) is 5.97. The maximum Gasteiger partial charge on any atom is 0.100 e. The third kappa shape index (κ3) is 4.85. The highest BCUT2D eigenvalue weighted by molar-refractivity contribution is 5.66. The maximum absolute atomic E-state index is 5.94. The Balaban J connectivity index is 2.82. The van der Waals surface area contributed by atoms with Crippen LogP contribution in [0.5, 0.6) is 0 Å². The van der Waals surface area contributed by atoms with Gasteiger partial charge in [-0.3, -0.25) is 0 Å². The van der Waals surface area contributed by atoms with Crippen LogP contribution in [0.3, 0.4) is 0 Å². The van der Waals surface area contributed by atoms with Gasteiger partial charge < -0.3 is 27.8 Å². The first-order valence-corrected chi connectivity index (χ1v) is 6.80. The van der Waals surface area contributed by atoms with Gasteiger partial charge in [0, 0.05) is 30.2 Å². The van der Waals surface area contributed by atoms with E-state index in [0.717, 1.165) is 35.6 Å². The summed E-state index contributed by atoms with van der Waals surface area (Å²) in [4.78, 5) is 0. The van der Waals surface area contributed by atoms with E-state index in [9.17, 15) is 0 Å². The van der Waals surface area contributed by atoms with Crippen LogP contribution in [0.15, 0.2) is 41.9 Å². The van der Waals surface area contributed by atoms with Crippen molar-refractivity contribution in [1.29, 1.82) is 0 Å². The van der Waals surface area contributed by atoms with Gasteiger partial charge in [-0.15, -0.1) is 0 Å². The summed E-state index contributed by atoms with van der Waals surface area (Å²) in [5.41, 5.74) is 21.1. The van der Waals surface area contributed by atoms with Crippen molar-refractivity contribution in [1.82, 2.24) is 0 Å². The van der Waals surface area contributed by atoms with Crippen molar-refractivity contribution < 1.29 is 0 Å². The van der Waals surface area contributed by atoms with E-state index in [1.807, 2.05) is 38.1 Å². The van der Waals surface area contributed by atoms with Gasteiger partial charge in [0.2, 0.25) is 0 Å². The first kappa shape index (κ1) is 15.9. The fourth-order valence-electron chi connectivity index (χ4n) is 1.68. The second-order valence-corrected chi connectivity index (χ2v) is 4.54. The van der Waals surface area contributed by atoms with Gasteiger partial charge in [0.25, 0.3) is 0 Å². The number of anilines is 2. The summed E-state index contributed by atoms with van der Waals surface area (Å²) in [6.07, 6.45) is 4.40. The zero-order chi connectivity index (χ0) is 15.0. The number of rotatable bonds is 7. The van der Waals surface area contributed by atoms with Gasteiger partial charge in [-0.05, 0) is 43.2 Å². The predicted octanol–water partition coefficient (Wildman–Crippen LogP) is 1.83. The average molecular weight is 275 g/mol. The summed E-state index contributed by atoms with van der Waals surface area (Å²) in [5.74, 6) is 0.556. The number of benzene rings is 1. The third-order valence-corrected chi connectivity index (χ3v) is 2.96. The van der Waals surface area contributed by atoms with Crippen molar-refractivity contribution in [2.45, 2.75) is 20.3 Å². The quantitative estimate of drug-likeness (QED) is 0.489. The van der Waals surface area contributed by atoms with Crippen LogP contribution >= 0.6 is 0 Å². The highest BCUT2D eigenvalue weighted by Gasteiger charge is 2.03. The zero-order valence-electron chi connectivity index (χ0n) is 12.2. The Morgan fingerprint density at radius 2 is 1.90 bits per heavy atom. The van der Waals surface area contributed by atoms with Gasteiger partial charge in [-0.1, -0.05) is 13.0 Å². The lowest BCUT2D eigenvalue weighted by atomic mass is 10.1. The lowest BCUT2D eigenvalue weighted by Gasteiger charge is -2.14. The maximum atomic E-state index is 5.94. The fraction of sp³-hybridized carbons (Fsp3) is 0.333. The Bertz CT molecular complexity index is 491. The van der Waals surface area contributed by atoms with Crippen molar-refractivity contribution in [3.05, 3.63) is 47.4 Å². The van der Waals surface area contributed by atoms with Crippen LogP contribution in [-0.4, -0.2) is 13.1 Å². The van der Waals surface area contributed by atoms with Crippen LogP contribution in [-0.2, 0) is 0 Å². The number of hydrogen-bond donors (Lipinski definition) is 5. The van der Waals surface area contributed by atoms with Crippen LogP contribution < -0.4 is 27.8 Å². The number of nitrogens with two attached hydrogens (primary N) is 3. The van der Waals surface area contributed by atoms with Gasteiger partial charge in [0.1, 0.15) is 5.82 Å². The monoisotopic (exact) mass is 275 g/mol. The second kappa shape index (κ2) is 8.12. The topological polar surface area (TPSA) is 102 Å². The van der Waals surface area contributed by atoms with Crippen molar-refractivity contribution in [3.8, 4) is 0 Å². The SMILES string of the molecule is CC/C(N)=C/C=C(\N)Nc1cccc(NCCN)c1C. The second-order valence-electron chi connectivity index (χ2n) is 4.54. The highest BCUT2D eigenvalue weighted by atomic mass is 15.0. The highest BCUT2D eigenvalue weighted by Crippen LogP contribution is 2.23. The van der Waals surface area contributed by atoms with E-state index < -0.39 is 0 Å². The van der Waals surface area contributed by atoms with Crippen LogP contribution in [0.1, 0.15) is 18.9 Å². The van der Waals surface area contributed by atoms with Crippen molar-refractivity contribution in [2.75, 3.05) is 23.7 Å². The average Bonchev–Trinajstić information content (AvgIpc) is 2.45. The summed E-state index contributed by atoms with van der Waals surface area (Å²) in [7, 11) is 0. The van der Waals surface area contributed by atoms with E-state index in [1.165, 1.54) is 0 Å². The minimum Gasteiger partial charge on any atom is -0.402 e. The molecule has 0 radical (unpaired) electrons. The summed E-state index contributed by atoms with van der Waals surface area (Å²) in [6.45, 7) is 5.37. The molecule has 0 bridgehead atoms. The van der Waals surface area contributed by atoms with Gasteiger partial charge >= 0.3 is 0 Å². The molecule has 0 aliphatic rings. The molecule has 8 N–H and O–H groups in total. The van der Waals surface area contributed by atoms with Crippen molar-refractivity contribution in [3.63, 3.8) is 0 Å².